The molecule has 2 aromatic carbocycles. The average molecular weight is 330 g/mol. The highest BCUT2D eigenvalue weighted by atomic mass is 32.2. The standard InChI is InChI=1S/C16H15FN4OS/c1-22-14-4-2-3-11(9-14)10-23-16-20-19-15(21(16)18)12-5-7-13(17)8-6-12/h2-9H,10,18H2,1H3. The van der Waals surface area contributed by atoms with E-state index in [0.717, 1.165) is 16.9 Å². The van der Waals surface area contributed by atoms with Crippen molar-refractivity contribution in [2.24, 2.45) is 0 Å². The lowest BCUT2D eigenvalue weighted by Gasteiger charge is -2.05. The van der Waals surface area contributed by atoms with E-state index in [2.05, 4.69) is 10.2 Å². The third kappa shape index (κ3) is 3.45. The molecule has 1 heterocycles. The maximum Gasteiger partial charge on any atom is 0.210 e. The van der Waals surface area contributed by atoms with Gasteiger partial charge in [-0.25, -0.2) is 9.07 Å². The molecule has 7 heteroatoms. The molecule has 118 valence electrons. The second kappa shape index (κ2) is 6.70. The number of nitrogens with two attached hydrogens (primary N) is 1. The Morgan fingerprint density at radius 3 is 2.70 bits per heavy atom. The smallest absolute Gasteiger partial charge is 0.210 e. The summed E-state index contributed by atoms with van der Waals surface area (Å²) in [6.07, 6.45) is 0. The molecule has 23 heavy (non-hydrogen) atoms. The van der Waals surface area contributed by atoms with E-state index in [1.807, 2.05) is 24.3 Å². The van der Waals surface area contributed by atoms with Crippen molar-refractivity contribution >= 4 is 11.8 Å². The minimum absolute atomic E-state index is 0.301. The molecule has 0 saturated carbocycles. The minimum Gasteiger partial charge on any atom is -0.497 e. The summed E-state index contributed by atoms with van der Waals surface area (Å²) in [5.41, 5.74) is 1.82. The van der Waals surface area contributed by atoms with Crippen LogP contribution < -0.4 is 10.6 Å². The number of hydrogen-bond acceptors (Lipinski definition) is 5. The molecule has 0 spiro atoms. The highest BCUT2D eigenvalue weighted by molar-refractivity contribution is 7.98. The summed E-state index contributed by atoms with van der Waals surface area (Å²) in [6.45, 7) is 0. The zero-order valence-electron chi connectivity index (χ0n) is 12.4. The second-order valence-electron chi connectivity index (χ2n) is 4.82. The Labute approximate surface area is 137 Å². The molecule has 0 aliphatic carbocycles. The molecule has 0 fully saturated rings. The van der Waals surface area contributed by atoms with Gasteiger partial charge >= 0.3 is 0 Å². The lowest BCUT2D eigenvalue weighted by molar-refractivity contribution is 0.414. The highest BCUT2D eigenvalue weighted by Gasteiger charge is 2.12. The first-order chi connectivity index (χ1) is 11.2. The van der Waals surface area contributed by atoms with Crippen molar-refractivity contribution < 1.29 is 9.13 Å². The molecule has 0 radical (unpaired) electrons. The topological polar surface area (TPSA) is 66.0 Å². The van der Waals surface area contributed by atoms with E-state index in [0.29, 0.717) is 16.7 Å². The molecule has 5 nitrogen and oxygen atoms in total. The van der Waals surface area contributed by atoms with E-state index < -0.39 is 0 Å². The molecule has 0 unspecified atom stereocenters. The van der Waals surface area contributed by atoms with Gasteiger partial charge in [-0.3, -0.25) is 0 Å². The van der Waals surface area contributed by atoms with Crippen LogP contribution in [0.4, 0.5) is 4.39 Å². The summed E-state index contributed by atoms with van der Waals surface area (Å²) < 4.78 is 19.6. The molecular formula is C16H15FN4OS. The number of thioether (sulfide) groups is 1. The van der Waals surface area contributed by atoms with Gasteiger partial charge in [-0.15, -0.1) is 10.2 Å². The number of hydrogen-bond donors (Lipinski definition) is 1. The summed E-state index contributed by atoms with van der Waals surface area (Å²) in [6, 6.07) is 13.8. The van der Waals surface area contributed by atoms with Gasteiger partial charge in [-0.2, -0.15) is 0 Å². The Hall–Kier alpha value is -2.54. The third-order valence-corrected chi connectivity index (χ3v) is 4.28. The van der Waals surface area contributed by atoms with E-state index in [-0.39, 0.29) is 5.82 Å². The zero-order valence-corrected chi connectivity index (χ0v) is 13.3. The van der Waals surface area contributed by atoms with Crippen LogP contribution in [0.2, 0.25) is 0 Å². The van der Waals surface area contributed by atoms with Gasteiger partial charge in [0.2, 0.25) is 5.16 Å². The highest BCUT2D eigenvalue weighted by Crippen LogP contribution is 2.25. The Balaban J connectivity index is 1.75. The fourth-order valence-electron chi connectivity index (χ4n) is 2.08. The molecule has 0 aliphatic rings. The lowest BCUT2D eigenvalue weighted by atomic mass is 10.2. The van der Waals surface area contributed by atoms with Crippen molar-refractivity contribution in [1.29, 1.82) is 0 Å². The number of benzene rings is 2. The summed E-state index contributed by atoms with van der Waals surface area (Å²) >= 11 is 1.47. The van der Waals surface area contributed by atoms with Gasteiger partial charge in [-0.1, -0.05) is 23.9 Å². The van der Waals surface area contributed by atoms with Crippen LogP contribution >= 0.6 is 11.8 Å². The van der Waals surface area contributed by atoms with Gasteiger partial charge < -0.3 is 10.6 Å². The van der Waals surface area contributed by atoms with Crippen LogP contribution in [0.5, 0.6) is 5.75 Å². The molecule has 0 saturated heterocycles. The van der Waals surface area contributed by atoms with Crippen molar-refractivity contribution in [1.82, 2.24) is 14.9 Å². The first kappa shape index (κ1) is 15.4. The molecule has 0 amide bonds. The summed E-state index contributed by atoms with van der Waals surface area (Å²) in [5, 5.41) is 8.77. The van der Waals surface area contributed by atoms with Crippen LogP contribution in [-0.2, 0) is 5.75 Å². The summed E-state index contributed by atoms with van der Waals surface area (Å²) in [7, 11) is 1.64. The molecule has 0 bridgehead atoms. The number of methoxy groups -OCH3 is 1. The quantitative estimate of drug-likeness (QED) is 0.575. The predicted octanol–water partition coefficient (Wildman–Crippen LogP) is 3.10. The number of halogens is 1. The van der Waals surface area contributed by atoms with Crippen molar-refractivity contribution in [2.45, 2.75) is 10.9 Å². The fraction of sp³-hybridized carbons (Fsp3) is 0.125. The zero-order chi connectivity index (χ0) is 16.2. The van der Waals surface area contributed by atoms with Crippen LogP contribution in [0.1, 0.15) is 5.56 Å². The fourth-order valence-corrected chi connectivity index (χ4v) is 2.88. The van der Waals surface area contributed by atoms with Crippen LogP contribution in [0, 0.1) is 5.82 Å². The molecule has 3 aromatic rings. The maximum atomic E-state index is 13.0. The molecule has 0 atom stereocenters. The van der Waals surface area contributed by atoms with Gasteiger partial charge in [0, 0.05) is 11.3 Å². The number of nitrogen functional groups attached to an aromatic ring is 1. The third-order valence-electron chi connectivity index (χ3n) is 3.27. The Kier molecular flexibility index (Phi) is 4.47. The van der Waals surface area contributed by atoms with Crippen LogP contribution in [0.25, 0.3) is 11.4 Å². The maximum absolute atomic E-state index is 13.0. The van der Waals surface area contributed by atoms with Crippen LogP contribution in [0.3, 0.4) is 0 Å². The van der Waals surface area contributed by atoms with E-state index >= 15 is 0 Å². The summed E-state index contributed by atoms with van der Waals surface area (Å²) in [4.78, 5) is 0. The Morgan fingerprint density at radius 1 is 1.17 bits per heavy atom. The van der Waals surface area contributed by atoms with E-state index in [4.69, 9.17) is 10.6 Å². The van der Waals surface area contributed by atoms with E-state index in [1.165, 1.54) is 28.6 Å². The SMILES string of the molecule is COc1cccc(CSc2nnc(-c3ccc(F)cc3)n2N)c1. The first-order valence-electron chi connectivity index (χ1n) is 6.89. The van der Waals surface area contributed by atoms with Gasteiger partial charge in [-0.05, 0) is 42.0 Å². The molecule has 2 N–H and O–H groups in total. The van der Waals surface area contributed by atoms with Gasteiger partial charge in [0.25, 0.3) is 0 Å². The van der Waals surface area contributed by atoms with E-state index in [1.54, 1.807) is 19.2 Å². The monoisotopic (exact) mass is 330 g/mol. The minimum atomic E-state index is -0.301. The average Bonchev–Trinajstić information content (AvgIpc) is 2.95. The molecule has 0 aliphatic heterocycles. The molecule has 1 aromatic heterocycles. The second-order valence-corrected chi connectivity index (χ2v) is 5.77. The van der Waals surface area contributed by atoms with Crippen molar-refractivity contribution in [2.75, 3.05) is 13.0 Å². The number of nitrogens with zero attached hydrogens (tertiary/aromatic N) is 3. The Morgan fingerprint density at radius 2 is 1.96 bits per heavy atom. The predicted molar refractivity (Wildman–Crippen MR) is 88.1 cm³/mol. The molecule has 3 rings (SSSR count). The van der Waals surface area contributed by atoms with Gasteiger partial charge in [0.05, 0.1) is 7.11 Å². The van der Waals surface area contributed by atoms with Crippen molar-refractivity contribution in [3.8, 4) is 17.1 Å². The van der Waals surface area contributed by atoms with Crippen LogP contribution in [-0.4, -0.2) is 22.0 Å². The Bertz CT molecular complexity index is 804. The van der Waals surface area contributed by atoms with Crippen molar-refractivity contribution in [3.05, 3.63) is 59.9 Å². The number of aromatic nitrogens is 3. The molecular weight excluding hydrogens is 315 g/mol. The number of rotatable bonds is 5. The normalized spacial score (nSPS) is 10.7. The van der Waals surface area contributed by atoms with Crippen LogP contribution in [0.15, 0.2) is 53.7 Å². The number of ether oxygens (including phenoxy) is 1. The van der Waals surface area contributed by atoms with Gasteiger partial charge in [0.1, 0.15) is 11.6 Å². The summed E-state index contributed by atoms with van der Waals surface area (Å²) in [5.74, 6) is 7.74. The van der Waals surface area contributed by atoms with E-state index in [9.17, 15) is 4.39 Å². The van der Waals surface area contributed by atoms with Crippen molar-refractivity contribution in [3.63, 3.8) is 0 Å². The lowest BCUT2D eigenvalue weighted by Crippen LogP contribution is -2.11. The largest absolute Gasteiger partial charge is 0.497 e. The first-order valence-corrected chi connectivity index (χ1v) is 7.88. The van der Waals surface area contributed by atoms with Gasteiger partial charge in [0.15, 0.2) is 5.82 Å².